The number of aliphatic carboxylic acids is 1. The largest absolute Gasteiger partial charge is 0.490 e. The maximum Gasteiger partial charge on any atom is 0.320 e. The molecule has 280 valence electrons. The number of sulfonamides is 1. The number of carbonyl (C=O) groups excluding carboxylic acids is 1. The molecule has 14 nitrogen and oxygen atoms in total. The number of carboxylic acid groups (broad SMARTS) is 1. The van der Waals surface area contributed by atoms with Crippen molar-refractivity contribution >= 4 is 75.1 Å². The lowest BCUT2D eigenvalue weighted by Gasteiger charge is -2.33. The van der Waals surface area contributed by atoms with Crippen molar-refractivity contribution in [1.82, 2.24) is 19.8 Å². The van der Waals surface area contributed by atoms with Crippen molar-refractivity contribution in [2.75, 3.05) is 23.1 Å². The van der Waals surface area contributed by atoms with E-state index in [0.717, 1.165) is 22.7 Å². The van der Waals surface area contributed by atoms with Crippen molar-refractivity contribution in [2.45, 2.75) is 58.3 Å². The molecular weight excluding hydrogens is 731 g/mol. The number of fused-ring (bicyclic) bond motifs is 1. The summed E-state index contributed by atoms with van der Waals surface area (Å²) in [6.45, 7) is 4.88. The molecule has 4 aromatic rings. The molecule has 0 unspecified atom stereocenters. The van der Waals surface area contributed by atoms with Crippen LogP contribution in [0.2, 0.25) is 0 Å². The monoisotopic (exact) mass is 774 g/mol. The van der Waals surface area contributed by atoms with Crippen LogP contribution >= 0.6 is 24.8 Å². The first kappa shape index (κ1) is 41.6. The van der Waals surface area contributed by atoms with E-state index >= 15 is 0 Å². The minimum Gasteiger partial charge on any atom is -0.490 e. The third-order valence-corrected chi connectivity index (χ3v) is 10.3. The molecule has 5 rings (SSSR count). The summed E-state index contributed by atoms with van der Waals surface area (Å²) in [6, 6.07) is 20.7. The van der Waals surface area contributed by atoms with Crippen molar-refractivity contribution in [3.63, 3.8) is 0 Å². The molecule has 1 amide bonds. The molecular formula is C35H44Cl2N8O6S. The van der Waals surface area contributed by atoms with E-state index in [1.807, 2.05) is 42.2 Å². The number of piperidine rings is 1. The quantitative estimate of drug-likeness (QED) is 0.0888. The minimum atomic E-state index is -4.40. The molecule has 1 fully saturated rings. The van der Waals surface area contributed by atoms with Crippen molar-refractivity contribution in [3.05, 3.63) is 89.7 Å². The fraction of sp³-hybridized carbons (Fsp3) is 0.343. The van der Waals surface area contributed by atoms with Gasteiger partial charge < -0.3 is 30.4 Å². The highest BCUT2D eigenvalue weighted by Gasteiger charge is 2.29. The molecule has 6 N–H and O–H groups in total. The molecule has 17 heteroatoms. The summed E-state index contributed by atoms with van der Waals surface area (Å²) in [5, 5.41) is 28.2. The number of aromatic nitrogens is 2. The maximum atomic E-state index is 13.6. The van der Waals surface area contributed by atoms with Crippen molar-refractivity contribution in [2.24, 2.45) is 5.73 Å². The van der Waals surface area contributed by atoms with E-state index in [1.54, 1.807) is 54.0 Å². The number of rotatable bonds is 14. The lowest BCUT2D eigenvalue weighted by molar-refractivity contribution is -0.134. The number of nitrogens with one attached hydrogen (secondary N) is 3. The highest BCUT2D eigenvalue weighted by molar-refractivity contribution is 7.93. The number of hydrogen-bond donors (Lipinski definition) is 5. The number of amidine groups is 2. The van der Waals surface area contributed by atoms with Gasteiger partial charge in [-0.2, -0.15) is 0 Å². The highest BCUT2D eigenvalue weighted by atomic mass is 35.5. The van der Waals surface area contributed by atoms with Gasteiger partial charge in [-0.25, -0.2) is 13.4 Å². The fourth-order valence-corrected chi connectivity index (χ4v) is 7.20. The Bertz CT molecular complexity index is 1990. The number of nitrogens with two attached hydrogens (primary N) is 1. The topological polar surface area (TPSA) is 208 Å². The van der Waals surface area contributed by atoms with Gasteiger partial charge in [-0.1, -0.05) is 30.3 Å². The number of imidazole rings is 1. The van der Waals surface area contributed by atoms with E-state index < -0.39 is 21.7 Å². The predicted octanol–water partition coefficient (Wildman–Crippen LogP) is 4.69. The Morgan fingerprint density at radius 1 is 1.06 bits per heavy atom. The number of amides is 1. The summed E-state index contributed by atoms with van der Waals surface area (Å²) in [4.78, 5) is 31.4. The van der Waals surface area contributed by atoms with Gasteiger partial charge in [0.15, 0.2) is 5.75 Å². The van der Waals surface area contributed by atoms with Gasteiger partial charge in [0.05, 0.1) is 35.1 Å². The molecule has 1 aromatic heterocycles. The Kier molecular flexibility index (Phi) is 14.4. The summed E-state index contributed by atoms with van der Waals surface area (Å²) in [7, 11) is -4.40. The molecule has 3 aromatic carbocycles. The van der Waals surface area contributed by atoms with Crippen molar-refractivity contribution in [3.8, 4) is 5.75 Å². The zero-order valence-electron chi connectivity index (χ0n) is 28.8. The standard InChI is InChI=1S/C35H42N8O6S.2ClH/c1-23(25-6-4-3-5-7-25)39-33(44)16-19-42-31-13-8-26(35(37)38)20-30(31)40-32(42)21-43(50(47,48)22-34(45)46)27-9-11-28(12-10-27)49-29-14-17-41(18-15-29)24(2)36;;/h3-13,20,23,29,36H,14-19,21-22H2,1-2H3,(H3,37,38)(H,39,44)(H,45,46);2*1H/t23-;;/m0../s1. The van der Waals surface area contributed by atoms with E-state index in [1.165, 1.54) is 0 Å². The number of ether oxygens (including phenoxy) is 1. The van der Waals surface area contributed by atoms with Crippen LogP contribution in [0.3, 0.4) is 0 Å². The lowest BCUT2D eigenvalue weighted by Crippen LogP contribution is -2.40. The van der Waals surface area contributed by atoms with Gasteiger partial charge in [-0.3, -0.25) is 24.7 Å². The summed E-state index contributed by atoms with van der Waals surface area (Å²) >= 11 is 0. The lowest BCUT2D eigenvalue weighted by atomic mass is 10.1. The first-order valence-electron chi connectivity index (χ1n) is 16.3. The summed E-state index contributed by atoms with van der Waals surface area (Å²) < 4.78 is 36.0. The predicted molar refractivity (Wildman–Crippen MR) is 206 cm³/mol. The Morgan fingerprint density at radius 3 is 2.31 bits per heavy atom. The molecule has 0 radical (unpaired) electrons. The smallest absolute Gasteiger partial charge is 0.320 e. The number of likely N-dealkylation sites (tertiary alicyclic amines) is 1. The molecule has 0 aliphatic carbocycles. The van der Waals surface area contributed by atoms with E-state index in [2.05, 4.69) is 5.32 Å². The molecule has 0 saturated carbocycles. The number of aryl methyl sites for hydroxylation is 1. The Labute approximate surface area is 315 Å². The van der Waals surface area contributed by atoms with Crippen LogP contribution in [0.4, 0.5) is 5.69 Å². The fourth-order valence-electron chi connectivity index (χ4n) is 5.97. The number of halogens is 2. The maximum absolute atomic E-state index is 13.6. The van der Waals surface area contributed by atoms with E-state index in [0.29, 0.717) is 41.3 Å². The number of benzene rings is 3. The number of nitrogen functional groups attached to an aromatic ring is 1. The normalized spacial score (nSPS) is 13.7. The Balaban J connectivity index is 0.00000364. The molecule has 52 heavy (non-hydrogen) atoms. The third kappa shape index (κ3) is 10.4. The van der Waals surface area contributed by atoms with Gasteiger partial charge in [0, 0.05) is 44.5 Å². The Hall–Kier alpha value is -4.86. The van der Waals surface area contributed by atoms with Gasteiger partial charge >= 0.3 is 5.97 Å². The molecule has 2 heterocycles. The molecule has 1 aliphatic heterocycles. The number of nitrogens with zero attached hydrogens (tertiary/aromatic N) is 4. The average molecular weight is 776 g/mol. The zero-order chi connectivity index (χ0) is 36.0. The minimum absolute atomic E-state index is 0. The van der Waals surface area contributed by atoms with Crippen LogP contribution in [0.15, 0.2) is 72.8 Å². The summed E-state index contributed by atoms with van der Waals surface area (Å²) in [5.74, 6) is -1.72. The Morgan fingerprint density at radius 2 is 1.71 bits per heavy atom. The first-order chi connectivity index (χ1) is 23.8. The first-order valence-corrected chi connectivity index (χ1v) is 17.9. The second-order valence-electron chi connectivity index (χ2n) is 12.3. The van der Waals surface area contributed by atoms with Gasteiger partial charge in [0.1, 0.15) is 23.5 Å². The highest BCUT2D eigenvalue weighted by Crippen LogP contribution is 2.28. The van der Waals surface area contributed by atoms with Crippen LogP contribution in [-0.4, -0.2) is 76.5 Å². The molecule has 1 atom stereocenters. The number of carboxylic acids is 1. The summed E-state index contributed by atoms with van der Waals surface area (Å²) in [5.41, 5.74) is 8.34. The van der Waals surface area contributed by atoms with E-state index in [4.69, 9.17) is 26.3 Å². The van der Waals surface area contributed by atoms with Crippen LogP contribution in [0.25, 0.3) is 11.0 Å². The van der Waals surface area contributed by atoms with Crippen LogP contribution in [0, 0.1) is 10.8 Å². The second-order valence-corrected chi connectivity index (χ2v) is 14.2. The van der Waals surface area contributed by atoms with Crippen molar-refractivity contribution < 1.29 is 27.9 Å². The van der Waals surface area contributed by atoms with Crippen LogP contribution in [-0.2, 0) is 32.7 Å². The van der Waals surface area contributed by atoms with Crippen LogP contribution in [0.1, 0.15) is 56.1 Å². The van der Waals surface area contributed by atoms with Gasteiger partial charge in [0.2, 0.25) is 15.9 Å². The zero-order valence-corrected chi connectivity index (χ0v) is 31.3. The third-order valence-electron chi connectivity index (χ3n) is 8.65. The van der Waals surface area contributed by atoms with Gasteiger partial charge in [-0.15, -0.1) is 24.8 Å². The molecule has 1 saturated heterocycles. The molecule has 0 spiro atoms. The van der Waals surface area contributed by atoms with Crippen LogP contribution < -0.4 is 20.1 Å². The number of hydrogen-bond acceptors (Lipinski definition) is 8. The van der Waals surface area contributed by atoms with Crippen molar-refractivity contribution in [1.29, 1.82) is 10.8 Å². The van der Waals surface area contributed by atoms with E-state index in [-0.39, 0.29) is 79.7 Å². The van der Waals surface area contributed by atoms with Gasteiger partial charge in [-0.05, 0) is 61.9 Å². The summed E-state index contributed by atoms with van der Waals surface area (Å²) in [6.07, 6.45) is 1.47. The average Bonchev–Trinajstić information content (AvgIpc) is 3.43. The van der Waals surface area contributed by atoms with E-state index in [9.17, 15) is 23.1 Å². The number of carbonyl (C=O) groups is 2. The van der Waals surface area contributed by atoms with Crippen LogP contribution in [0.5, 0.6) is 5.75 Å². The molecule has 0 bridgehead atoms. The molecule has 1 aliphatic rings. The second kappa shape index (κ2) is 18.1. The van der Waals surface area contributed by atoms with Gasteiger partial charge in [0.25, 0.3) is 0 Å². The number of anilines is 1. The SMILES string of the molecule is CC(=N)N1CCC(Oc2ccc(N(Cc3nc4cc(C(=N)N)ccc4n3CCC(=O)N[C@@H](C)c3ccccc3)S(=O)(=O)CC(=O)O)cc2)CC1.Cl.Cl.